The summed E-state index contributed by atoms with van der Waals surface area (Å²) in [6, 6.07) is 36.6. The number of anilines is 4. The van der Waals surface area contributed by atoms with Gasteiger partial charge in [-0.15, -0.1) is 0 Å². The van der Waals surface area contributed by atoms with E-state index in [2.05, 4.69) is 30.8 Å². The first-order valence-corrected chi connectivity index (χ1v) is 15.8. The van der Waals surface area contributed by atoms with E-state index in [1.165, 1.54) is 0 Å². The number of urea groups is 1. The standard InChI is InChI=1S/C38H31N7O3/c46-36(40-27-10-2-1-3-11-27)41-28-12-6-9-25(23-28)32-33(24-16-18-26(19-17-24)38(20-8-21-38)44-37(47)48)45-31-15-7-22-39-34(31)42-30-14-5-4-13-29(30)35(45)43-32/h1-7,9-19,22-23,44H,8,20-21H2,(H,39,42)(H,47,48)(H2,40,41,46). The predicted molar refractivity (Wildman–Crippen MR) is 187 cm³/mol. The summed E-state index contributed by atoms with van der Waals surface area (Å²) in [4.78, 5) is 34.6. The normalized spacial score (nSPS) is 13.8. The Kier molecular flexibility index (Phi) is 7.10. The van der Waals surface area contributed by atoms with Gasteiger partial charge in [0.25, 0.3) is 0 Å². The largest absolute Gasteiger partial charge is 0.465 e. The molecule has 0 unspecified atom stereocenters. The number of rotatable bonds is 6. The Morgan fingerprint density at radius 1 is 0.792 bits per heavy atom. The SMILES string of the molecule is O=C(O)NC1(c2ccc(-c3c(-c4cccc(NC(=O)Nc5ccccc5)c4)nc4n3-c3cccnc3Nc3ccccc3-4)cc2)CCC1. The van der Waals surface area contributed by atoms with Crippen molar-refractivity contribution in [2.45, 2.75) is 24.8 Å². The number of carboxylic acid groups (broad SMARTS) is 1. The van der Waals surface area contributed by atoms with Crippen LogP contribution in [0.3, 0.4) is 0 Å². The predicted octanol–water partition coefficient (Wildman–Crippen LogP) is 8.62. The highest BCUT2D eigenvalue weighted by Gasteiger charge is 2.40. The summed E-state index contributed by atoms with van der Waals surface area (Å²) in [5, 5.41) is 21.6. The molecule has 5 N–H and O–H groups in total. The first-order chi connectivity index (χ1) is 23.5. The summed E-state index contributed by atoms with van der Waals surface area (Å²) in [7, 11) is 0. The second-order valence-corrected chi connectivity index (χ2v) is 12.0. The molecule has 0 bridgehead atoms. The molecule has 0 spiro atoms. The number of nitrogens with one attached hydrogen (secondary N) is 4. The van der Waals surface area contributed by atoms with Gasteiger partial charge in [-0.3, -0.25) is 4.57 Å². The van der Waals surface area contributed by atoms with Gasteiger partial charge in [0, 0.05) is 34.3 Å². The van der Waals surface area contributed by atoms with E-state index < -0.39 is 11.6 Å². The molecule has 48 heavy (non-hydrogen) atoms. The number of amides is 3. The summed E-state index contributed by atoms with van der Waals surface area (Å²) < 4.78 is 2.13. The highest BCUT2D eigenvalue weighted by Crippen LogP contribution is 2.46. The fourth-order valence-electron chi connectivity index (χ4n) is 6.62. The number of para-hydroxylation sites is 2. The van der Waals surface area contributed by atoms with Crippen LogP contribution in [0.4, 0.5) is 32.5 Å². The zero-order valence-corrected chi connectivity index (χ0v) is 25.8. The van der Waals surface area contributed by atoms with Crippen molar-refractivity contribution in [1.29, 1.82) is 0 Å². The molecular weight excluding hydrogens is 602 g/mol. The van der Waals surface area contributed by atoms with Crippen molar-refractivity contribution < 1.29 is 14.7 Å². The lowest BCUT2D eigenvalue weighted by molar-refractivity contribution is 0.144. The molecule has 0 radical (unpaired) electrons. The highest BCUT2D eigenvalue weighted by atomic mass is 16.4. The second-order valence-electron chi connectivity index (χ2n) is 12.0. The monoisotopic (exact) mass is 633 g/mol. The molecule has 3 heterocycles. The van der Waals surface area contributed by atoms with Crippen LogP contribution in [0.25, 0.3) is 39.6 Å². The third-order valence-corrected chi connectivity index (χ3v) is 9.02. The molecule has 1 saturated carbocycles. The summed E-state index contributed by atoms with van der Waals surface area (Å²) >= 11 is 0. The van der Waals surface area contributed by atoms with Gasteiger partial charge >= 0.3 is 12.1 Å². The van der Waals surface area contributed by atoms with E-state index in [-0.39, 0.29) is 6.03 Å². The lowest BCUT2D eigenvalue weighted by Crippen LogP contribution is -2.50. The lowest BCUT2D eigenvalue weighted by Gasteiger charge is -2.42. The van der Waals surface area contributed by atoms with Gasteiger partial charge in [0.2, 0.25) is 0 Å². The number of pyridine rings is 1. The van der Waals surface area contributed by atoms with E-state index in [1.807, 2.05) is 115 Å². The van der Waals surface area contributed by atoms with Crippen LogP contribution in [0.15, 0.2) is 121 Å². The van der Waals surface area contributed by atoms with E-state index in [0.29, 0.717) is 17.2 Å². The Hall–Kier alpha value is -6.42. The molecule has 1 fully saturated rings. The number of fused-ring (bicyclic) bond motifs is 5. The maximum absolute atomic E-state index is 12.9. The van der Waals surface area contributed by atoms with Gasteiger partial charge in [0.05, 0.1) is 28.3 Å². The van der Waals surface area contributed by atoms with Crippen LogP contribution < -0.4 is 21.3 Å². The first kappa shape index (κ1) is 29.0. The number of imidazole rings is 1. The van der Waals surface area contributed by atoms with Gasteiger partial charge < -0.3 is 26.4 Å². The Balaban J connectivity index is 1.28. The van der Waals surface area contributed by atoms with Crippen LogP contribution >= 0.6 is 0 Å². The number of aromatic nitrogens is 3. The van der Waals surface area contributed by atoms with Gasteiger partial charge in [-0.05, 0) is 73.4 Å². The lowest BCUT2D eigenvalue weighted by atomic mass is 9.71. The van der Waals surface area contributed by atoms with Crippen molar-refractivity contribution >= 4 is 35.0 Å². The molecule has 8 rings (SSSR count). The maximum Gasteiger partial charge on any atom is 0.405 e. The molecule has 236 valence electrons. The molecule has 0 saturated heterocycles. The Bertz CT molecular complexity index is 2170. The number of hydrogen-bond acceptors (Lipinski definition) is 5. The maximum atomic E-state index is 12.9. The summed E-state index contributed by atoms with van der Waals surface area (Å²) in [5.74, 6) is 1.43. The average molecular weight is 634 g/mol. The van der Waals surface area contributed by atoms with Crippen LogP contribution in [0.2, 0.25) is 0 Å². The Morgan fingerprint density at radius 2 is 1.54 bits per heavy atom. The zero-order valence-electron chi connectivity index (χ0n) is 25.8. The second kappa shape index (κ2) is 11.7. The minimum Gasteiger partial charge on any atom is -0.465 e. The van der Waals surface area contributed by atoms with E-state index in [9.17, 15) is 14.7 Å². The van der Waals surface area contributed by atoms with Crippen molar-refractivity contribution in [2.24, 2.45) is 0 Å². The molecular formula is C38H31N7O3. The van der Waals surface area contributed by atoms with Crippen molar-refractivity contribution in [2.75, 3.05) is 16.0 Å². The summed E-state index contributed by atoms with van der Waals surface area (Å²) in [5.41, 5.74) is 7.55. The minimum absolute atomic E-state index is 0.352. The molecule has 0 atom stereocenters. The fourth-order valence-corrected chi connectivity index (χ4v) is 6.62. The molecule has 2 aromatic heterocycles. The van der Waals surface area contributed by atoms with E-state index in [1.54, 1.807) is 6.20 Å². The van der Waals surface area contributed by atoms with Crippen molar-refractivity contribution in [1.82, 2.24) is 19.9 Å². The molecule has 6 aromatic rings. The average Bonchev–Trinajstić information content (AvgIpc) is 3.41. The Labute approximate surface area is 276 Å². The van der Waals surface area contributed by atoms with Gasteiger partial charge in [-0.1, -0.05) is 66.7 Å². The van der Waals surface area contributed by atoms with E-state index in [4.69, 9.17) is 4.98 Å². The molecule has 1 aliphatic carbocycles. The van der Waals surface area contributed by atoms with Crippen LogP contribution in [0, 0.1) is 0 Å². The molecule has 4 aromatic carbocycles. The number of hydrogen-bond donors (Lipinski definition) is 5. The molecule has 10 nitrogen and oxygen atoms in total. The van der Waals surface area contributed by atoms with E-state index >= 15 is 0 Å². The van der Waals surface area contributed by atoms with Crippen LogP contribution in [0.5, 0.6) is 0 Å². The van der Waals surface area contributed by atoms with Crippen molar-refractivity contribution in [3.8, 4) is 39.6 Å². The number of nitrogens with zero attached hydrogens (tertiary/aromatic N) is 3. The first-order valence-electron chi connectivity index (χ1n) is 15.8. The smallest absolute Gasteiger partial charge is 0.405 e. The van der Waals surface area contributed by atoms with Crippen molar-refractivity contribution in [3.05, 3.63) is 127 Å². The number of benzene rings is 4. The van der Waals surface area contributed by atoms with Gasteiger partial charge in [0.1, 0.15) is 5.82 Å². The Morgan fingerprint density at radius 3 is 2.31 bits per heavy atom. The zero-order chi connectivity index (χ0) is 32.7. The fraction of sp³-hybridized carbons (Fsp3) is 0.105. The van der Waals surface area contributed by atoms with Crippen LogP contribution in [-0.4, -0.2) is 31.8 Å². The van der Waals surface area contributed by atoms with Gasteiger partial charge in [0.15, 0.2) is 5.82 Å². The molecule has 2 aliphatic rings. The molecule has 3 amide bonds. The summed E-state index contributed by atoms with van der Waals surface area (Å²) in [6.45, 7) is 0. The van der Waals surface area contributed by atoms with Crippen LogP contribution in [-0.2, 0) is 5.54 Å². The molecule has 1 aliphatic heterocycles. The molecule has 10 heteroatoms. The minimum atomic E-state index is -1.02. The third-order valence-electron chi connectivity index (χ3n) is 9.02. The number of carbonyl (C=O) groups excluding carboxylic acids is 1. The number of carbonyl (C=O) groups is 2. The van der Waals surface area contributed by atoms with Gasteiger partial charge in [-0.25, -0.2) is 19.6 Å². The van der Waals surface area contributed by atoms with Crippen LogP contribution in [0.1, 0.15) is 24.8 Å². The van der Waals surface area contributed by atoms with E-state index in [0.717, 1.165) is 70.1 Å². The topological polar surface area (TPSA) is 133 Å². The summed E-state index contributed by atoms with van der Waals surface area (Å²) in [6.07, 6.45) is 3.21. The van der Waals surface area contributed by atoms with Crippen molar-refractivity contribution in [3.63, 3.8) is 0 Å². The van der Waals surface area contributed by atoms with Gasteiger partial charge in [-0.2, -0.15) is 0 Å². The highest BCUT2D eigenvalue weighted by molar-refractivity contribution is 6.00. The third kappa shape index (κ3) is 5.19. The quantitative estimate of drug-likeness (QED) is 0.125.